The zero-order valence-electron chi connectivity index (χ0n) is 10.6. The van der Waals surface area contributed by atoms with Crippen LogP contribution in [0.2, 0.25) is 0 Å². The predicted molar refractivity (Wildman–Crippen MR) is 71.5 cm³/mol. The van der Waals surface area contributed by atoms with Crippen LogP contribution in [-0.2, 0) is 0 Å². The first-order valence-corrected chi connectivity index (χ1v) is 6.73. The second-order valence-electron chi connectivity index (χ2n) is 4.74. The van der Waals surface area contributed by atoms with E-state index < -0.39 is 0 Å². The molecule has 0 saturated carbocycles. The first kappa shape index (κ1) is 12.5. The molecular formula is C12H17BrN4. The topological polar surface area (TPSA) is 43.1 Å². The maximum absolute atomic E-state index is 4.37. The highest BCUT2D eigenvalue weighted by atomic mass is 79.9. The summed E-state index contributed by atoms with van der Waals surface area (Å²) in [5.41, 5.74) is 2.16. The SMILES string of the molecule is Cc1cc(C(C(C)C)C(C)Br)n2ncnc2n1. The van der Waals surface area contributed by atoms with Gasteiger partial charge in [-0.15, -0.1) is 0 Å². The van der Waals surface area contributed by atoms with Gasteiger partial charge in [-0.3, -0.25) is 0 Å². The monoisotopic (exact) mass is 296 g/mol. The fourth-order valence-corrected chi connectivity index (χ4v) is 3.18. The standard InChI is InChI=1S/C12H17BrN4/c1-7(2)11(9(4)13)10-5-8(3)16-12-14-6-15-17(10)12/h5-7,9,11H,1-4H3. The van der Waals surface area contributed by atoms with E-state index in [1.807, 2.05) is 11.4 Å². The quantitative estimate of drug-likeness (QED) is 0.818. The molecule has 0 N–H and O–H groups in total. The zero-order valence-corrected chi connectivity index (χ0v) is 12.1. The van der Waals surface area contributed by atoms with Crippen LogP contribution in [0.15, 0.2) is 12.4 Å². The maximum Gasteiger partial charge on any atom is 0.252 e. The minimum Gasteiger partial charge on any atom is -0.216 e. The minimum atomic E-state index is 0.386. The van der Waals surface area contributed by atoms with Crippen LogP contribution < -0.4 is 0 Å². The van der Waals surface area contributed by atoms with E-state index in [1.54, 1.807) is 6.33 Å². The van der Waals surface area contributed by atoms with Crippen LogP contribution in [0, 0.1) is 12.8 Å². The smallest absolute Gasteiger partial charge is 0.216 e. The Morgan fingerprint density at radius 2 is 2.00 bits per heavy atom. The van der Waals surface area contributed by atoms with Gasteiger partial charge in [0.15, 0.2) is 0 Å². The lowest BCUT2D eigenvalue weighted by atomic mass is 9.89. The van der Waals surface area contributed by atoms with Crippen LogP contribution in [0.1, 0.15) is 38.1 Å². The fourth-order valence-electron chi connectivity index (χ4n) is 2.30. The molecule has 0 aliphatic carbocycles. The van der Waals surface area contributed by atoms with Gasteiger partial charge in [-0.1, -0.05) is 36.7 Å². The number of halogens is 1. The first-order chi connectivity index (χ1) is 8.00. The summed E-state index contributed by atoms with van der Waals surface area (Å²) in [6.07, 6.45) is 1.56. The van der Waals surface area contributed by atoms with Gasteiger partial charge in [0, 0.05) is 16.4 Å². The summed E-state index contributed by atoms with van der Waals surface area (Å²) in [7, 11) is 0. The van der Waals surface area contributed by atoms with Crippen molar-refractivity contribution in [2.24, 2.45) is 5.92 Å². The third-order valence-electron chi connectivity index (χ3n) is 2.96. The van der Waals surface area contributed by atoms with E-state index in [9.17, 15) is 0 Å². The third kappa shape index (κ3) is 2.34. The molecule has 92 valence electrons. The van der Waals surface area contributed by atoms with Crippen molar-refractivity contribution in [2.45, 2.75) is 38.4 Å². The Morgan fingerprint density at radius 1 is 1.29 bits per heavy atom. The Balaban J connectivity index is 2.63. The summed E-state index contributed by atoms with van der Waals surface area (Å²) >= 11 is 3.69. The fraction of sp³-hybridized carbons (Fsp3) is 0.583. The lowest BCUT2D eigenvalue weighted by molar-refractivity contribution is 0.477. The minimum absolute atomic E-state index is 0.386. The van der Waals surface area contributed by atoms with Gasteiger partial charge >= 0.3 is 0 Å². The Labute approximate surface area is 110 Å². The number of hydrogen-bond donors (Lipinski definition) is 0. The number of fused-ring (bicyclic) bond motifs is 1. The van der Waals surface area contributed by atoms with Gasteiger partial charge in [-0.2, -0.15) is 10.1 Å². The van der Waals surface area contributed by atoms with E-state index >= 15 is 0 Å². The number of aromatic nitrogens is 4. The summed E-state index contributed by atoms with van der Waals surface area (Å²) in [5, 5.41) is 4.27. The van der Waals surface area contributed by atoms with Gasteiger partial charge in [-0.25, -0.2) is 9.50 Å². The summed E-state index contributed by atoms with van der Waals surface area (Å²) in [6.45, 7) is 8.61. The van der Waals surface area contributed by atoms with Crippen molar-refractivity contribution in [3.05, 3.63) is 23.8 Å². The lowest BCUT2D eigenvalue weighted by Gasteiger charge is -2.24. The molecule has 4 nitrogen and oxygen atoms in total. The molecule has 0 spiro atoms. The predicted octanol–water partition coefficient (Wildman–Crippen LogP) is 2.96. The first-order valence-electron chi connectivity index (χ1n) is 5.82. The molecule has 0 saturated heterocycles. The van der Waals surface area contributed by atoms with Crippen molar-refractivity contribution < 1.29 is 0 Å². The van der Waals surface area contributed by atoms with Crippen LogP contribution in [0.3, 0.4) is 0 Å². The molecule has 2 aromatic rings. The molecule has 0 bridgehead atoms. The molecule has 0 aliphatic rings. The molecule has 5 heteroatoms. The van der Waals surface area contributed by atoms with Crippen molar-refractivity contribution >= 4 is 21.7 Å². The van der Waals surface area contributed by atoms with Gasteiger partial charge in [-0.05, 0) is 18.9 Å². The third-order valence-corrected chi connectivity index (χ3v) is 3.53. The van der Waals surface area contributed by atoms with Crippen LogP contribution in [0.4, 0.5) is 0 Å². The summed E-state index contributed by atoms with van der Waals surface area (Å²) in [6, 6.07) is 2.10. The molecule has 0 amide bonds. The molecule has 2 atom stereocenters. The molecule has 0 aromatic carbocycles. The number of rotatable bonds is 3. The highest BCUT2D eigenvalue weighted by Gasteiger charge is 2.24. The van der Waals surface area contributed by atoms with Gasteiger partial charge in [0.25, 0.3) is 5.78 Å². The van der Waals surface area contributed by atoms with Gasteiger partial charge in [0.05, 0.1) is 5.69 Å². The van der Waals surface area contributed by atoms with E-state index in [-0.39, 0.29) is 0 Å². The highest BCUT2D eigenvalue weighted by Crippen LogP contribution is 2.31. The average molecular weight is 297 g/mol. The van der Waals surface area contributed by atoms with Gasteiger partial charge < -0.3 is 0 Å². The molecule has 2 aromatic heterocycles. The van der Waals surface area contributed by atoms with Crippen molar-refractivity contribution in [1.29, 1.82) is 0 Å². The zero-order chi connectivity index (χ0) is 12.6. The van der Waals surface area contributed by atoms with E-state index in [2.05, 4.69) is 57.8 Å². The van der Waals surface area contributed by atoms with Gasteiger partial charge in [0.2, 0.25) is 0 Å². The second kappa shape index (κ2) is 4.72. The number of aryl methyl sites for hydroxylation is 1. The molecule has 0 fully saturated rings. The number of hydrogen-bond acceptors (Lipinski definition) is 3. The van der Waals surface area contributed by atoms with E-state index in [0.29, 0.717) is 22.4 Å². The summed E-state index contributed by atoms with van der Waals surface area (Å²) in [4.78, 5) is 8.92. The maximum atomic E-state index is 4.37. The van der Waals surface area contributed by atoms with Crippen LogP contribution in [-0.4, -0.2) is 24.4 Å². The summed E-state index contributed by atoms with van der Waals surface area (Å²) < 4.78 is 1.84. The van der Waals surface area contributed by atoms with Crippen molar-refractivity contribution in [3.63, 3.8) is 0 Å². The molecule has 0 aliphatic heterocycles. The molecule has 17 heavy (non-hydrogen) atoms. The highest BCUT2D eigenvalue weighted by molar-refractivity contribution is 9.09. The Hall–Kier alpha value is -0.970. The largest absolute Gasteiger partial charge is 0.252 e. The van der Waals surface area contributed by atoms with E-state index in [1.165, 1.54) is 5.69 Å². The molecule has 2 unspecified atom stereocenters. The van der Waals surface area contributed by atoms with Crippen molar-refractivity contribution in [1.82, 2.24) is 19.6 Å². The van der Waals surface area contributed by atoms with Crippen molar-refractivity contribution in [3.8, 4) is 0 Å². The Kier molecular flexibility index (Phi) is 3.47. The Morgan fingerprint density at radius 3 is 2.59 bits per heavy atom. The number of alkyl halides is 1. The van der Waals surface area contributed by atoms with E-state index in [0.717, 1.165) is 5.69 Å². The van der Waals surface area contributed by atoms with Crippen molar-refractivity contribution in [2.75, 3.05) is 0 Å². The van der Waals surface area contributed by atoms with Crippen LogP contribution >= 0.6 is 15.9 Å². The average Bonchev–Trinajstić information content (AvgIpc) is 2.63. The Bertz CT molecular complexity index is 510. The molecular weight excluding hydrogens is 280 g/mol. The van der Waals surface area contributed by atoms with Crippen LogP contribution in [0.5, 0.6) is 0 Å². The normalized spacial score (nSPS) is 15.4. The lowest BCUT2D eigenvalue weighted by Crippen LogP contribution is -2.19. The molecule has 0 radical (unpaired) electrons. The van der Waals surface area contributed by atoms with E-state index in [4.69, 9.17) is 0 Å². The molecule has 2 heterocycles. The molecule has 2 rings (SSSR count). The summed E-state index contributed by atoms with van der Waals surface area (Å²) in [5.74, 6) is 1.60. The van der Waals surface area contributed by atoms with Gasteiger partial charge in [0.1, 0.15) is 6.33 Å². The van der Waals surface area contributed by atoms with Crippen LogP contribution in [0.25, 0.3) is 5.78 Å². The number of nitrogens with zero attached hydrogens (tertiary/aromatic N) is 4. The second-order valence-corrected chi connectivity index (χ2v) is 6.19.